The van der Waals surface area contributed by atoms with Gasteiger partial charge in [-0.05, 0) is 43.7 Å². The molecule has 0 aliphatic rings. The van der Waals surface area contributed by atoms with E-state index in [0.29, 0.717) is 23.7 Å². The van der Waals surface area contributed by atoms with Gasteiger partial charge < -0.3 is 15.4 Å². The van der Waals surface area contributed by atoms with Gasteiger partial charge in [0.15, 0.2) is 0 Å². The predicted molar refractivity (Wildman–Crippen MR) is 126 cm³/mol. The molecule has 0 spiro atoms. The summed E-state index contributed by atoms with van der Waals surface area (Å²) in [7, 11) is 0. The zero-order chi connectivity index (χ0) is 22.4. The van der Waals surface area contributed by atoms with E-state index in [1.807, 2.05) is 69.5 Å². The number of aromatic nitrogens is 1. The zero-order valence-electron chi connectivity index (χ0n) is 18.2. The lowest BCUT2D eigenvalue weighted by atomic mass is 10.1. The number of para-hydroxylation sites is 1. The molecule has 7 heteroatoms. The first-order chi connectivity index (χ1) is 14.9. The highest BCUT2D eigenvalue weighted by Gasteiger charge is 2.14. The van der Waals surface area contributed by atoms with E-state index in [2.05, 4.69) is 15.6 Å². The largest absolute Gasteiger partial charge is 0.493 e. The van der Waals surface area contributed by atoms with Gasteiger partial charge in [-0.2, -0.15) is 0 Å². The molecule has 3 rings (SSSR count). The molecule has 6 nitrogen and oxygen atoms in total. The van der Waals surface area contributed by atoms with Gasteiger partial charge in [-0.15, -0.1) is 11.3 Å². The number of aryl methyl sites for hydroxylation is 1. The third-order valence-corrected chi connectivity index (χ3v) is 5.54. The molecule has 0 saturated heterocycles. The fraction of sp³-hybridized carbons (Fsp3) is 0.292. The maximum absolute atomic E-state index is 12.6. The maximum atomic E-state index is 12.6. The second kappa shape index (κ2) is 10.2. The van der Waals surface area contributed by atoms with Crippen molar-refractivity contribution in [3.8, 4) is 16.3 Å². The molecular weight excluding hydrogens is 410 g/mol. The van der Waals surface area contributed by atoms with E-state index in [9.17, 15) is 9.59 Å². The van der Waals surface area contributed by atoms with E-state index in [4.69, 9.17) is 4.74 Å². The van der Waals surface area contributed by atoms with Crippen LogP contribution < -0.4 is 15.4 Å². The third-order valence-electron chi connectivity index (χ3n) is 4.61. The molecule has 0 radical (unpaired) electrons. The molecule has 162 valence electrons. The fourth-order valence-corrected chi connectivity index (χ4v) is 3.77. The van der Waals surface area contributed by atoms with Crippen molar-refractivity contribution < 1.29 is 14.3 Å². The van der Waals surface area contributed by atoms with Crippen LogP contribution >= 0.6 is 11.3 Å². The number of nitrogens with zero attached hydrogens (tertiary/aromatic N) is 1. The van der Waals surface area contributed by atoms with Crippen LogP contribution in [-0.2, 0) is 16.0 Å². The Labute approximate surface area is 186 Å². The molecule has 2 aromatic carbocycles. The standard InChI is InChI=1S/C24H27N3O3S/c1-5-30-21-9-7-6-8-19(21)24-26-18(14-31-24)13-22(28)27-20-12-17(11-10-16(20)4)25-23(29)15(2)3/h6-12,14-15H,5,13H2,1-4H3,(H,25,29)(H,27,28). The average Bonchev–Trinajstić information content (AvgIpc) is 3.19. The Morgan fingerprint density at radius 3 is 2.65 bits per heavy atom. The molecular formula is C24H27N3O3S. The summed E-state index contributed by atoms with van der Waals surface area (Å²) in [6.07, 6.45) is 0.162. The number of hydrogen-bond acceptors (Lipinski definition) is 5. The average molecular weight is 438 g/mol. The van der Waals surface area contributed by atoms with E-state index in [-0.39, 0.29) is 24.2 Å². The number of thiazole rings is 1. The molecule has 3 aromatic rings. The number of carbonyl (C=O) groups is 2. The van der Waals surface area contributed by atoms with Crippen molar-refractivity contribution in [1.29, 1.82) is 0 Å². The third kappa shape index (κ3) is 5.92. The Kier molecular flexibility index (Phi) is 7.41. The molecule has 0 aliphatic carbocycles. The molecule has 0 atom stereocenters. The van der Waals surface area contributed by atoms with Crippen molar-refractivity contribution in [2.24, 2.45) is 5.92 Å². The minimum Gasteiger partial charge on any atom is -0.493 e. The van der Waals surface area contributed by atoms with Gasteiger partial charge in [0.1, 0.15) is 10.8 Å². The second-order valence-corrected chi connectivity index (χ2v) is 8.33. The van der Waals surface area contributed by atoms with Crippen molar-refractivity contribution in [3.63, 3.8) is 0 Å². The van der Waals surface area contributed by atoms with Crippen molar-refractivity contribution in [1.82, 2.24) is 4.98 Å². The van der Waals surface area contributed by atoms with Gasteiger partial charge in [-0.1, -0.05) is 32.0 Å². The van der Waals surface area contributed by atoms with E-state index in [0.717, 1.165) is 21.9 Å². The Morgan fingerprint density at radius 2 is 1.90 bits per heavy atom. The summed E-state index contributed by atoms with van der Waals surface area (Å²) in [6, 6.07) is 13.2. The predicted octanol–water partition coefficient (Wildman–Crippen LogP) is 5.29. The fourth-order valence-electron chi connectivity index (χ4n) is 2.92. The topological polar surface area (TPSA) is 80.3 Å². The van der Waals surface area contributed by atoms with Crippen LogP contribution in [-0.4, -0.2) is 23.4 Å². The van der Waals surface area contributed by atoms with Gasteiger partial charge >= 0.3 is 0 Å². The highest BCUT2D eigenvalue weighted by Crippen LogP contribution is 2.32. The van der Waals surface area contributed by atoms with E-state index in [1.54, 1.807) is 6.07 Å². The molecule has 1 heterocycles. The molecule has 0 saturated carbocycles. The normalized spacial score (nSPS) is 10.7. The van der Waals surface area contributed by atoms with Crippen molar-refractivity contribution >= 4 is 34.5 Å². The molecule has 0 bridgehead atoms. The summed E-state index contributed by atoms with van der Waals surface area (Å²) >= 11 is 1.49. The first-order valence-corrected chi connectivity index (χ1v) is 11.1. The quantitative estimate of drug-likeness (QED) is 0.502. The molecule has 0 aliphatic heterocycles. The number of benzene rings is 2. The Morgan fingerprint density at radius 1 is 1.13 bits per heavy atom. The SMILES string of the molecule is CCOc1ccccc1-c1nc(CC(=O)Nc2cc(NC(=O)C(C)C)ccc2C)cs1. The lowest BCUT2D eigenvalue weighted by molar-refractivity contribution is -0.119. The second-order valence-electron chi connectivity index (χ2n) is 7.47. The molecule has 2 N–H and O–H groups in total. The molecule has 0 fully saturated rings. The minimum absolute atomic E-state index is 0.0662. The Bertz CT molecular complexity index is 1080. The van der Waals surface area contributed by atoms with Gasteiger partial charge in [-0.25, -0.2) is 4.98 Å². The van der Waals surface area contributed by atoms with E-state index < -0.39 is 0 Å². The summed E-state index contributed by atoms with van der Waals surface area (Å²) in [5.41, 5.74) is 3.86. The number of amides is 2. The summed E-state index contributed by atoms with van der Waals surface area (Å²) in [4.78, 5) is 29.2. The van der Waals surface area contributed by atoms with Crippen molar-refractivity contribution in [3.05, 3.63) is 59.1 Å². The van der Waals surface area contributed by atoms with Gasteiger partial charge in [0.25, 0.3) is 0 Å². The van der Waals surface area contributed by atoms with Crippen LogP contribution in [0.25, 0.3) is 10.6 Å². The summed E-state index contributed by atoms with van der Waals surface area (Å²) in [5.74, 6) is 0.436. The van der Waals surface area contributed by atoms with Crippen LogP contribution in [0.15, 0.2) is 47.8 Å². The van der Waals surface area contributed by atoms with Gasteiger partial charge in [0.2, 0.25) is 11.8 Å². The summed E-state index contributed by atoms with van der Waals surface area (Å²) in [5, 5.41) is 8.50. The lowest BCUT2D eigenvalue weighted by Gasteiger charge is -2.12. The van der Waals surface area contributed by atoms with Crippen LogP contribution in [0.3, 0.4) is 0 Å². The van der Waals surface area contributed by atoms with Crippen LogP contribution in [0, 0.1) is 12.8 Å². The lowest BCUT2D eigenvalue weighted by Crippen LogP contribution is -2.19. The van der Waals surface area contributed by atoms with Crippen molar-refractivity contribution in [2.45, 2.75) is 34.1 Å². The van der Waals surface area contributed by atoms with Crippen molar-refractivity contribution in [2.75, 3.05) is 17.2 Å². The number of anilines is 2. The molecule has 0 unspecified atom stereocenters. The highest BCUT2D eigenvalue weighted by molar-refractivity contribution is 7.13. The monoisotopic (exact) mass is 437 g/mol. The van der Waals surface area contributed by atoms with Gasteiger partial charge in [0.05, 0.1) is 24.3 Å². The van der Waals surface area contributed by atoms with E-state index in [1.165, 1.54) is 11.3 Å². The number of hydrogen-bond donors (Lipinski definition) is 2. The Balaban J connectivity index is 1.69. The number of rotatable bonds is 8. The first kappa shape index (κ1) is 22.5. The number of nitrogens with one attached hydrogen (secondary N) is 2. The number of ether oxygens (including phenoxy) is 1. The van der Waals surface area contributed by atoms with Gasteiger partial charge in [0, 0.05) is 22.7 Å². The highest BCUT2D eigenvalue weighted by atomic mass is 32.1. The van der Waals surface area contributed by atoms with E-state index >= 15 is 0 Å². The summed E-state index contributed by atoms with van der Waals surface area (Å²) in [6.45, 7) is 8.10. The Hall–Kier alpha value is -3.19. The minimum atomic E-state index is -0.162. The molecule has 31 heavy (non-hydrogen) atoms. The zero-order valence-corrected chi connectivity index (χ0v) is 19.0. The van der Waals surface area contributed by atoms with Gasteiger partial charge in [-0.3, -0.25) is 9.59 Å². The van der Waals surface area contributed by atoms with Crippen LogP contribution in [0.5, 0.6) is 5.75 Å². The van der Waals surface area contributed by atoms with Crippen LogP contribution in [0.1, 0.15) is 32.0 Å². The van der Waals surface area contributed by atoms with Crippen LogP contribution in [0.4, 0.5) is 11.4 Å². The van der Waals surface area contributed by atoms with Crippen LogP contribution in [0.2, 0.25) is 0 Å². The first-order valence-electron chi connectivity index (χ1n) is 10.2. The smallest absolute Gasteiger partial charge is 0.230 e. The summed E-state index contributed by atoms with van der Waals surface area (Å²) < 4.78 is 5.68. The molecule has 1 aromatic heterocycles. The maximum Gasteiger partial charge on any atom is 0.230 e. The number of carbonyl (C=O) groups excluding carboxylic acids is 2. The molecule has 2 amide bonds.